The number of carbonyl (C=O) groups is 1. The number of rotatable bonds is 1. The molecule has 0 heterocycles. The Morgan fingerprint density at radius 2 is 2.00 bits per heavy atom. The van der Waals surface area contributed by atoms with Gasteiger partial charge in [-0.3, -0.25) is 10.0 Å². The second-order valence-electron chi connectivity index (χ2n) is 3.04. The molecule has 1 amide bonds. The monoisotopic (exact) mass is 197 g/mol. The standard InChI is InChI=1S/C6H9Cl2NO2/c1-5(3-6(5,7)8)4(10)9(2)11/h11H,3H2,1-2H3. The summed E-state index contributed by atoms with van der Waals surface area (Å²) in [5.74, 6) is -0.442. The van der Waals surface area contributed by atoms with Gasteiger partial charge >= 0.3 is 0 Å². The fourth-order valence-corrected chi connectivity index (χ4v) is 1.69. The fraction of sp³-hybridized carbons (Fsp3) is 0.833. The maximum atomic E-state index is 11.1. The minimum atomic E-state index is -0.999. The third-order valence-electron chi connectivity index (χ3n) is 2.02. The number of halogens is 2. The summed E-state index contributed by atoms with van der Waals surface area (Å²) < 4.78 is -0.999. The molecule has 5 heteroatoms. The van der Waals surface area contributed by atoms with Crippen LogP contribution in [0.3, 0.4) is 0 Å². The van der Waals surface area contributed by atoms with E-state index >= 15 is 0 Å². The molecule has 1 rings (SSSR count). The quantitative estimate of drug-likeness (QED) is 0.393. The van der Waals surface area contributed by atoms with Crippen molar-refractivity contribution in [2.24, 2.45) is 5.41 Å². The number of amides is 1. The van der Waals surface area contributed by atoms with Crippen molar-refractivity contribution >= 4 is 29.1 Å². The van der Waals surface area contributed by atoms with Gasteiger partial charge in [-0.05, 0) is 13.3 Å². The van der Waals surface area contributed by atoms with E-state index in [2.05, 4.69) is 0 Å². The normalized spacial score (nSPS) is 33.2. The molecule has 0 saturated heterocycles. The molecule has 1 aliphatic carbocycles. The number of nitrogens with zero attached hydrogens (tertiary/aromatic N) is 1. The predicted octanol–water partition coefficient (Wildman–Crippen LogP) is 1.42. The summed E-state index contributed by atoms with van der Waals surface area (Å²) in [7, 11) is 1.26. The first-order chi connectivity index (χ1) is 4.81. The molecule has 1 aliphatic rings. The summed E-state index contributed by atoms with van der Waals surface area (Å²) in [5.41, 5.74) is -0.806. The predicted molar refractivity (Wildman–Crippen MR) is 41.7 cm³/mol. The molecule has 1 atom stereocenters. The van der Waals surface area contributed by atoms with Gasteiger partial charge in [0.05, 0.1) is 5.41 Å². The largest absolute Gasteiger partial charge is 0.286 e. The van der Waals surface area contributed by atoms with Crippen LogP contribution in [0.1, 0.15) is 13.3 Å². The zero-order valence-corrected chi connectivity index (χ0v) is 7.78. The van der Waals surface area contributed by atoms with Crippen molar-refractivity contribution in [3.8, 4) is 0 Å². The first-order valence-electron chi connectivity index (χ1n) is 3.16. The van der Waals surface area contributed by atoms with E-state index in [0.29, 0.717) is 11.5 Å². The Morgan fingerprint density at radius 3 is 2.09 bits per heavy atom. The van der Waals surface area contributed by atoms with Crippen molar-refractivity contribution in [2.75, 3.05) is 7.05 Å². The van der Waals surface area contributed by atoms with E-state index in [1.165, 1.54) is 7.05 Å². The summed E-state index contributed by atoms with van der Waals surface area (Å²) in [4.78, 5) is 11.1. The van der Waals surface area contributed by atoms with E-state index in [1.54, 1.807) is 6.92 Å². The molecule has 0 radical (unpaired) electrons. The molecule has 0 aromatic heterocycles. The summed E-state index contributed by atoms with van der Waals surface area (Å²) in [6.45, 7) is 1.63. The topological polar surface area (TPSA) is 40.5 Å². The van der Waals surface area contributed by atoms with Gasteiger partial charge in [0, 0.05) is 7.05 Å². The van der Waals surface area contributed by atoms with Gasteiger partial charge in [0.1, 0.15) is 4.33 Å². The van der Waals surface area contributed by atoms with Gasteiger partial charge in [-0.25, -0.2) is 5.06 Å². The van der Waals surface area contributed by atoms with E-state index < -0.39 is 15.7 Å². The summed E-state index contributed by atoms with van der Waals surface area (Å²) in [6, 6.07) is 0. The Bertz CT molecular complexity index is 205. The maximum absolute atomic E-state index is 11.1. The molecule has 11 heavy (non-hydrogen) atoms. The van der Waals surface area contributed by atoms with Crippen LogP contribution in [0.25, 0.3) is 0 Å². The van der Waals surface area contributed by atoms with Gasteiger partial charge in [0.2, 0.25) is 0 Å². The highest BCUT2D eigenvalue weighted by molar-refractivity contribution is 6.53. The molecule has 0 aromatic carbocycles. The first kappa shape index (κ1) is 9.10. The summed E-state index contributed by atoms with van der Waals surface area (Å²) in [5, 5.41) is 9.32. The number of hydrogen-bond donors (Lipinski definition) is 1. The molecular weight excluding hydrogens is 189 g/mol. The molecule has 0 spiro atoms. The molecule has 1 unspecified atom stereocenters. The average molecular weight is 198 g/mol. The van der Waals surface area contributed by atoms with Crippen molar-refractivity contribution in [3.05, 3.63) is 0 Å². The van der Waals surface area contributed by atoms with E-state index in [0.717, 1.165) is 0 Å². The smallest absolute Gasteiger partial charge is 0.254 e. The van der Waals surface area contributed by atoms with E-state index in [9.17, 15) is 4.79 Å². The van der Waals surface area contributed by atoms with Gasteiger partial charge in [-0.15, -0.1) is 23.2 Å². The molecule has 1 saturated carbocycles. The first-order valence-corrected chi connectivity index (χ1v) is 3.92. The van der Waals surface area contributed by atoms with Crippen LogP contribution in [-0.2, 0) is 4.79 Å². The molecule has 0 aliphatic heterocycles. The van der Waals surface area contributed by atoms with Crippen LogP contribution in [0.4, 0.5) is 0 Å². The molecule has 3 nitrogen and oxygen atoms in total. The lowest BCUT2D eigenvalue weighted by Gasteiger charge is -2.15. The zero-order chi connectivity index (χ0) is 8.86. The lowest BCUT2D eigenvalue weighted by molar-refractivity contribution is -0.165. The number of alkyl halides is 2. The second kappa shape index (κ2) is 2.25. The lowest BCUT2D eigenvalue weighted by Crippen LogP contribution is -2.32. The Balaban J connectivity index is 2.72. The molecule has 1 fully saturated rings. The molecule has 1 N–H and O–H groups in total. The third-order valence-corrected chi connectivity index (χ3v) is 3.13. The van der Waals surface area contributed by atoms with E-state index in [1.807, 2.05) is 0 Å². The molecule has 0 aromatic rings. The van der Waals surface area contributed by atoms with Gasteiger partial charge in [-0.1, -0.05) is 0 Å². The van der Waals surface area contributed by atoms with Gasteiger partial charge in [0.15, 0.2) is 0 Å². The lowest BCUT2D eigenvalue weighted by atomic mass is 10.1. The minimum Gasteiger partial charge on any atom is -0.286 e. The van der Waals surface area contributed by atoms with Gasteiger partial charge in [0.25, 0.3) is 5.91 Å². The van der Waals surface area contributed by atoms with Crippen molar-refractivity contribution in [1.82, 2.24) is 5.06 Å². The molecular formula is C6H9Cl2NO2. The van der Waals surface area contributed by atoms with Crippen molar-refractivity contribution < 1.29 is 10.0 Å². The number of hydrogen-bond acceptors (Lipinski definition) is 2. The third kappa shape index (κ3) is 1.21. The highest BCUT2D eigenvalue weighted by Crippen LogP contribution is 2.64. The number of carbonyl (C=O) groups excluding carboxylic acids is 1. The Labute approximate surface area is 74.8 Å². The number of hydroxylamine groups is 2. The van der Waals surface area contributed by atoms with Crippen molar-refractivity contribution in [1.29, 1.82) is 0 Å². The van der Waals surface area contributed by atoms with Crippen LogP contribution >= 0.6 is 23.2 Å². The van der Waals surface area contributed by atoms with Gasteiger partial charge in [-0.2, -0.15) is 0 Å². The van der Waals surface area contributed by atoms with Crippen molar-refractivity contribution in [2.45, 2.75) is 17.7 Å². The van der Waals surface area contributed by atoms with Crippen LogP contribution < -0.4 is 0 Å². The zero-order valence-electron chi connectivity index (χ0n) is 6.27. The summed E-state index contributed by atoms with van der Waals surface area (Å²) in [6.07, 6.45) is 0.396. The van der Waals surface area contributed by atoms with Crippen LogP contribution in [0.15, 0.2) is 0 Å². The fourth-order valence-electron chi connectivity index (χ4n) is 0.989. The van der Waals surface area contributed by atoms with Crippen molar-refractivity contribution in [3.63, 3.8) is 0 Å². The highest BCUT2D eigenvalue weighted by Gasteiger charge is 2.68. The van der Waals surface area contributed by atoms with Gasteiger partial charge < -0.3 is 0 Å². The van der Waals surface area contributed by atoms with Crippen LogP contribution in [-0.4, -0.2) is 27.6 Å². The average Bonchev–Trinajstić information content (AvgIpc) is 2.32. The van der Waals surface area contributed by atoms with E-state index in [4.69, 9.17) is 28.4 Å². The second-order valence-corrected chi connectivity index (χ2v) is 4.53. The maximum Gasteiger partial charge on any atom is 0.254 e. The van der Waals surface area contributed by atoms with Crippen LogP contribution in [0, 0.1) is 5.41 Å². The van der Waals surface area contributed by atoms with Crippen LogP contribution in [0.5, 0.6) is 0 Å². The molecule has 64 valence electrons. The summed E-state index contributed by atoms with van der Waals surface area (Å²) >= 11 is 11.4. The van der Waals surface area contributed by atoms with Crippen LogP contribution in [0.2, 0.25) is 0 Å². The molecule has 0 bridgehead atoms. The highest BCUT2D eigenvalue weighted by atomic mass is 35.5. The SMILES string of the molecule is CN(O)C(=O)C1(C)CC1(Cl)Cl. The Morgan fingerprint density at radius 1 is 1.64 bits per heavy atom. The minimum absolute atomic E-state index is 0.396. The van der Waals surface area contributed by atoms with E-state index in [-0.39, 0.29) is 0 Å². The Hall–Kier alpha value is 0.01000. The Kier molecular flexibility index (Phi) is 1.86.